The van der Waals surface area contributed by atoms with Gasteiger partial charge < -0.3 is 0 Å². The average Bonchev–Trinajstić information content (AvgIpc) is 2.76. The molecule has 0 amide bonds. The van der Waals surface area contributed by atoms with Crippen LogP contribution in [0.3, 0.4) is 0 Å². The highest BCUT2D eigenvalue weighted by atomic mass is 14.3. The number of hydrogen-bond acceptors (Lipinski definition) is 0. The van der Waals surface area contributed by atoms with Crippen LogP contribution in [0.2, 0.25) is 0 Å². The van der Waals surface area contributed by atoms with Crippen molar-refractivity contribution in [3.8, 4) is 11.1 Å². The molecule has 0 aromatic heterocycles. The van der Waals surface area contributed by atoms with Gasteiger partial charge in [0.2, 0.25) is 0 Å². The van der Waals surface area contributed by atoms with Crippen molar-refractivity contribution in [3.05, 3.63) is 58.7 Å². The molecule has 0 heteroatoms. The van der Waals surface area contributed by atoms with E-state index in [1.54, 1.807) is 5.56 Å². The fraction of sp³-hybridized carbons (Fsp3) is 0.600. The van der Waals surface area contributed by atoms with Crippen molar-refractivity contribution in [3.63, 3.8) is 0 Å². The highest BCUT2D eigenvalue weighted by Gasteiger charge is 2.23. The second-order valence-corrected chi connectivity index (χ2v) is 9.88. The molecular formula is C30H44. The Kier molecular flexibility index (Phi) is 9.04. The molecule has 30 heavy (non-hydrogen) atoms. The predicted molar refractivity (Wildman–Crippen MR) is 133 cm³/mol. The molecule has 0 heterocycles. The zero-order chi connectivity index (χ0) is 21.3. The minimum absolute atomic E-state index is 0.782. The smallest absolute Gasteiger partial charge is 0.0159 e. The van der Waals surface area contributed by atoms with Crippen molar-refractivity contribution >= 4 is 0 Å². The van der Waals surface area contributed by atoms with Gasteiger partial charge in [-0.3, -0.25) is 0 Å². The van der Waals surface area contributed by atoms with Crippen LogP contribution in [0.4, 0.5) is 0 Å². The fourth-order valence-corrected chi connectivity index (χ4v) is 5.48. The molecule has 2 aromatic rings. The van der Waals surface area contributed by atoms with Gasteiger partial charge >= 0.3 is 0 Å². The van der Waals surface area contributed by atoms with Gasteiger partial charge in [0.15, 0.2) is 0 Å². The van der Waals surface area contributed by atoms with Gasteiger partial charge in [-0.2, -0.15) is 0 Å². The first-order valence-electron chi connectivity index (χ1n) is 12.8. The molecule has 1 saturated carbocycles. The van der Waals surface area contributed by atoms with Gasteiger partial charge in [0.1, 0.15) is 0 Å². The van der Waals surface area contributed by atoms with Crippen LogP contribution in [-0.4, -0.2) is 0 Å². The van der Waals surface area contributed by atoms with Gasteiger partial charge in [0, 0.05) is 0 Å². The molecule has 0 bridgehead atoms. The lowest BCUT2D eigenvalue weighted by molar-refractivity contribution is 0.302. The number of unbranched alkanes of at least 4 members (excludes halogenated alkanes) is 4. The molecule has 0 nitrogen and oxygen atoms in total. The molecule has 0 N–H and O–H groups in total. The van der Waals surface area contributed by atoms with Gasteiger partial charge in [-0.15, -0.1) is 0 Å². The maximum Gasteiger partial charge on any atom is -0.0159 e. The van der Waals surface area contributed by atoms with Gasteiger partial charge in [-0.05, 0) is 97.6 Å². The molecule has 1 aliphatic carbocycles. The van der Waals surface area contributed by atoms with Crippen LogP contribution in [0.1, 0.15) is 113 Å². The zero-order valence-corrected chi connectivity index (χ0v) is 20.1. The molecule has 0 spiro atoms. The van der Waals surface area contributed by atoms with Gasteiger partial charge in [-0.1, -0.05) is 88.8 Å². The summed E-state index contributed by atoms with van der Waals surface area (Å²) in [4.78, 5) is 0. The lowest BCUT2D eigenvalue weighted by Crippen LogP contribution is -2.14. The van der Waals surface area contributed by atoms with Crippen molar-refractivity contribution in [2.45, 2.75) is 111 Å². The van der Waals surface area contributed by atoms with E-state index in [4.69, 9.17) is 0 Å². The molecule has 0 aliphatic heterocycles. The normalized spacial score (nSPS) is 19.2. The average molecular weight is 405 g/mol. The summed E-state index contributed by atoms with van der Waals surface area (Å²) in [6.45, 7) is 9.21. The highest BCUT2D eigenvalue weighted by Crippen LogP contribution is 2.39. The largest absolute Gasteiger partial charge is 0.0654 e. The quantitative estimate of drug-likeness (QED) is 0.346. The first-order chi connectivity index (χ1) is 14.6. The van der Waals surface area contributed by atoms with Crippen LogP contribution < -0.4 is 0 Å². The van der Waals surface area contributed by atoms with E-state index in [9.17, 15) is 0 Å². The molecular weight excluding hydrogens is 360 g/mol. The van der Waals surface area contributed by atoms with Crippen LogP contribution in [0.5, 0.6) is 0 Å². The third-order valence-corrected chi connectivity index (χ3v) is 7.50. The van der Waals surface area contributed by atoms with Gasteiger partial charge in [0.05, 0.1) is 0 Å². The van der Waals surface area contributed by atoms with Gasteiger partial charge in [0.25, 0.3) is 0 Å². The van der Waals surface area contributed by atoms with Crippen molar-refractivity contribution in [1.29, 1.82) is 0 Å². The van der Waals surface area contributed by atoms with E-state index in [-0.39, 0.29) is 0 Å². The van der Waals surface area contributed by atoms with Crippen molar-refractivity contribution < 1.29 is 0 Å². The first kappa shape index (κ1) is 23.1. The molecule has 1 fully saturated rings. The Labute approximate surface area is 186 Å². The molecule has 2 aromatic carbocycles. The Bertz CT molecular complexity index is 777. The summed E-state index contributed by atoms with van der Waals surface area (Å²) in [7, 11) is 0. The topological polar surface area (TPSA) is 0 Å². The number of aryl methyl sites for hydroxylation is 3. The van der Waals surface area contributed by atoms with E-state index in [1.807, 2.05) is 0 Å². The summed E-state index contributed by atoms with van der Waals surface area (Å²) in [5, 5.41) is 0. The Hall–Kier alpha value is -1.56. The van der Waals surface area contributed by atoms with Gasteiger partial charge in [-0.25, -0.2) is 0 Å². The third kappa shape index (κ3) is 6.22. The van der Waals surface area contributed by atoms with Crippen molar-refractivity contribution in [2.75, 3.05) is 0 Å². The SMILES string of the molecule is CCCCCc1ccc(-c2ccc(C3CCC(CCCCC)CC3)c(C)c2)cc1C. The van der Waals surface area contributed by atoms with Crippen LogP contribution in [-0.2, 0) is 6.42 Å². The number of hydrogen-bond donors (Lipinski definition) is 0. The van der Waals surface area contributed by atoms with Crippen LogP contribution in [0.15, 0.2) is 36.4 Å². The predicted octanol–water partition coefficient (Wildman–Crippen LogP) is 9.56. The van der Waals surface area contributed by atoms with Crippen LogP contribution in [0.25, 0.3) is 11.1 Å². The van der Waals surface area contributed by atoms with Crippen LogP contribution >= 0.6 is 0 Å². The fourth-order valence-electron chi connectivity index (χ4n) is 5.48. The Morgan fingerprint density at radius 1 is 0.700 bits per heavy atom. The maximum atomic E-state index is 2.44. The summed E-state index contributed by atoms with van der Waals surface area (Å²) >= 11 is 0. The second kappa shape index (κ2) is 11.7. The first-order valence-corrected chi connectivity index (χ1v) is 12.8. The van der Waals surface area contributed by atoms with E-state index in [0.717, 1.165) is 11.8 Å². The lowest BCUT2D eigenvalue weighted by atomic mass is 9.76. The molecule has 0 radical (unpaired) electrons. The van der Waals surface area contributed by atoms with Crippen LogP contribution in [0, 0.1) is 19.8 Å². The van der Waals surface area contributed by atoms with E-state index in [1.165, 1.54) is 105 Å². The molecule has 164 valence electrons. The zero-order valence-electron chi connectivity index (χ0n) is 20.1. The molecule has 1 aliphatic rings. The number of benzene rings is 2. The molecule has 3 rings (SSSR count). The standard InChI is InChI=1S/C30H44/c1-5-7-9-11-25-13-15-27(16-14-25)30-20-19-29(22-24(30)4)28-18-17-26(23(3)21-28)12-10-8-6-2/h17-22,25,27H,5-16H2,1-4H3. The Balaban J connectivity index is 1.62. The van der Waals surface area contributed by atoms with Crippen molar-refractivity contribution in [1.82, 2.24) is 0 Å². The van der Waals surface area contributed by atoms with E-state index in [0.29, 0.717) is 0 Å². The molecule has 0 unspecified atom stereocenters. The second-order valence-electron chi connectivity index (χ2n) is 9.88. The summed E-state index contributed by atoms with van der Waals surface area (Å²) in [6.07, 6.45) is 16.5. The summed E-state index contributed by atoms with van der Waals surface area (Å²) < 4.78 is 0. The monoisotopic (exact) mass is 404 g/mol. The Morgan fingerprint density at radius 2 is 1.33 bits per heavy atom. The van der Waals surface area contributed by atoms with E-state index < -0.39 is 0 Å². The molecule has 0 saturated heterocycles. The minimum atomic E-state index is 0.782. The summed E-state index contributed by atoms with van der Waals surface area (Å²) in [5.41, 5.74) is 8.84. The van der Waals surface area contributed by atoms with E-state index in [2.05, 4.69) is 64.1 Å². The summed E-state index contributed by atoms with van der Waals surface area (Å²) in [6, 6.07) is 14.4. The Morgan fingerprint density at radius 3 is 1.97 bits per heavy atom. The highest BCUT2D eigenvalue weighted by molar-refractivity contribution is 5.66. The minimum Gasteiger partial charge on any atom is -0.0654 e. The molecule has 0 atom stereocenters. The summed E-state index contributed by atoms with van der Waals surface area (Å²) in [5.74, 6) is 1.77. The number of rotatable bonds is 10. The van der Waals surface area contributed by atoms with E-state index >= 15 is 0 Å². The van der Waals surface area contributed by atoms with Crippen molar-refractivity contribution in [2.24, 2.45) is 5.92 Å². The third-order valence-electron chi connectivity index (χ3n) is 7.50. The maximum absolute atomic E-state index is 2.44. The lowest BCUT2D eigenvalue weighted by Gasteiger charge is -2.30.